The van der Waals surface area contributed by atoms with Crippen molar-refractivity contribution in [3.8, 4) is 0 Å². The molecule has 1 N–H and O–H groups in total. The van der Waals surface area contributed by atoms with Gasteiger partial charge in [0.05, 0.1) is 0 Å². The van der Waals surface area contributed by atoms with E-state index in [4.69, 9.17) is 11.6 Å². The molecule has 3 heteroatoms. The number of unbranched alkanes of at least 4 members (excludes halogenated alkanes) is 2. The second-order valence-electron chi connectivity index (χ2n) is 2.19. The molecule has 0 radical (unpaired) electrons. The fourth-order valence-corrected chi connectivity index (χ4v) is 0.902. The van der Waals surface area contributed by atoms with Crippen molar-refractivity contribution in [2.75, 3.05) is 25.6 Å². The van der Waals surface area contributed by atoms with Gasteiger partial charge in [0.25, 0.3) is 0 Å². The molecule has 0 aliphatic heterocycles. The average Bonchev–Trinajstić information content (AvgIpc) is 1.97. The van der Waals surface area contributed by atoms with Crippen molar-refractivity contribution in [2.24, 2.45) is 0 Å². The van der Waals surface area contributed by atoms with E-state index in [-0.39, 0.29) is 6.67 Å². The normalized spacial score (nSPS) is 10.2. The number of hydrogen-bond donors (Lipinski definition) is 1. The molecule has 1 nitrogen and oxygen atoms in total. The largest absolute Gasteiger partial charge is 0.314 e. The fraction of sp³-hybridized carbons (Fsp3) is 1.00. The highest BCUT2D eigenvalue weighted by atomic mass is 35.5. The molecule has 0 rings (SSSR count). The summed E-state index contributed by atoms with van der Waals surface area (Å²) in [5, 5.41) is 2.98. The first kappa shape index (κ1) is 10.2. The Bertz CT molecular complexity index is 53.6. The van der Waals surface area contributed by atoms with Crippen LogP contribution in [0.25, 0.3) is 0 Å². The Hall–Kier alpha value is 0.180. The summed E-state index contributed by atoms with van der Waals surface area (Å²) in [7, 11) is 0. The third-order valence-corrected chi connectivity index (χ3v) is 1.53. The van der Waals surface area contributed by atoms with Crippen LogP contribution in [0.5, 0.6) is 0 Å². The van der Waals surface area contributed by atoms with Crippen LogP contribution in [-0.4, -0.2) is 25.6 Å². The number of nitrogens with one attached hydrogen (secondary N) is 1. The molecule has 0 saturated heterocycles. The van der Waals surface area contributed by atoms with Crippen molar-refractivity contribution >= 4 is 11.6 Å². The van der Waals surface area contributed by atoms with Crippen LogP contribution in [0, 0.1) is 0 Å². The van der Waals surface area contributed by atoms with Crippen LogP contribution in [0.1, 0.15) is 19.3 Å². The molecular weight excluding hydrogens is 153 g/mol. The summed E-state index contributed by atoms with van der Waals surface area (Å²) in [5.41, 5.74) is 0. The van der Waals surface area contributed by atoms with Crippen LogP contribution >= 0.6 is 11.6 Å². The van der Waals surface area contributed by atoms with Crippen molar-refractivity contribution in [3.05, 3.63) is 0 Å². The number of rotatable bonds is 7. The van der Waals surface area contributed by atoms with Crippen LogP contribution < -0.4 is 5.32 Å². The Morgan fingerprint density at radius 3 is 2.50 bits per heavy atom. The SMILES string of the molecule is FCCNCCCCCCl. The predicted molar refractivity (Wildman–Crippen MR) is 43.4 cm³/mol. The number of hydrogen-bond acceptors (Lipinski definition) is 1. The maximum Gasteiger partial charge on any atom is 0.102 e. The van der Waals surface area contributed by atoms with Crippen molar-refractivity contribution in [3.63, 3.8) is 0 Å². The summed E-state index contributed by atoms with van der Waals surface area (Å²) in [6.45, 7) is 1.14. The minimum atomic E-state index is -0.268. The molecule has 0 aromatic carbocycles. The van der Waals surface area contributed by atoms with E-state index in [2.05, 4.69) is 5.32 Å². The lowest BCUT2D eigenvalue weighted by molar-refractivity contribution is 0.463. The summed E-state index contributed by atoms with van der Waals surface area (Å²) in [5.74, 6) is 0.739. The van der Waals surface area contributed by atoms with Gasteiger partial charge in [0.1, 0.15) is 6.67 Å². The molecule has 0 saturated carbocycles. The van der Waals surface area contributed by atoms with Crippen LogP contribution in [0.2, 0.25) is 0 Å². The van der Waals surface area contributed by atoms with Crippen molar-refractivity contribution in [1.29, 1.82) is 0 Å². The van der Waals surface area contributed by atoms with E-state index in [1.54, 1.807) is 0 Å². The molecule has 0 aliphatic rings. The molecular formula is C7H15ClFN. The lowest BCUT2D eigenvalue weighted by Gasteiger charge is -1.99. The molecule has 10 heavy (non-hydrogen) atoms. The van der Waals surface area contributed by atoms with E-state index in [1.165, 1.54) is 0 Å². The van der Waals surface area contributed by atoms with E-state index >= 15 is 0 Å². The average molecular weight is 168 g/mol. The van der Waals surface area contributed by atoms with E-state index in [0.717, 1.165) is 31.7 Å². The second kappa shape index (κ2) is 9.18. The minimum absolute atomic E-state index is 0.268. The fourth-order valence-electron chi connectivity index (χ4n) is 0.713. The van der Waals surface area contributed by atoms with Gasteiger partial charge in [-0.15, -0.1) is 11.6 Å². The summed E-state index contributed by atoms with van der Waals surface area (Å²) >= 11 is 5.46. The van der Waals surface area contributed by atoms with Gasteiger partial charge in [0, 0.05) is 12.4 Å². The van der Waals surface area contributed by atoms with E-state index in [0.29, 0.717) is 6.54 Å². The number of halogens is 2. The van der Waals surface area contributed by atoms with Crippen molar-refractivity contribution < 1.29 is 4.39 Å². The van der Waals surface area contributed by atoms with Crippen LogP contribution in [-0.2, 0) is 0 Å². The van der Waals surface area contributed by atoms with Crippen LogP contribution in [0.4, 0.5) is 4.39 Å². The monoisotopic (exact) mass is 167 g/mol. The van der Waals surface area contributed by atoms with E-state index < -0.39 is 0 Å². The molecule has 62 valence electrons. The summed E-state index contributed by atoms with van der Waals surface area (Å²) in [6.07, 6.45) is 3.31. The molecule has 0 atom stereocenters. The molecule has 0 unspecified atom stereocenters. The maximum absolute atomic E-state index is 11.5. The Morgan fingerprint density at radius 2 is 1.90 bits per heavy atom. The second-order valence-corrected chi connectivity index (χ2v) is 2.57. The van der Waals surface area contributed by atoms with Gasteiger partial charge in [-0.05, 0) is 19.4 Å². The first-order valence-corrected chi connectivity index (χ1v) is 4.28. The number of alkyl halides is 2. The van der Waals surface area contributed by atoms with E-state index in [9.17, 15) is 4.39 Å². The van der Waals surface area contributed by atoms with Gasteiger partial charge in [-0.2, -0.15) is 0 Å². The zero-order valence-electron chi connectivity index (χ0n) is 6.21. The summed E-state index contributed by atoms with van der Waals surface area (Å²) in [4.78, 5) is 0. The zero-order valence-corrected chi connectivity index (χ0v) is 6.96. The third-order valence-electron chi connectivity index (χ3n) is 1.26. The highest BCUT2D eigenvalue weighted by molar-refractivity contribution is 6.17. The Kier molecular flexibility index (Phi) is 9.35. The highest BCUT2D eigenvalue weighted by Crippen LogP contribution is 1.94. The lowest BCUT2D eigenvalue weighted by atomic mass is 10.2. The molecule has 0 fully saturated rings. The molecule has 0 aromatic heterocycles. The van der Waals surface area contributed by atoms with E-state index in [1.807, 2.05) is 0 Å². The lowest BCUT2D eigenvalue weighted by Crippen LogP contribution is -2.17. The molecule has 0 amide bonds. The maximum atomic E-state index is 11.5. The van der Waals surface area contributed by atoms with Gasteiger partial charge in [-0.1, -0.05) is 6.42 Å². The Labute approximate surface area is 66.9 Å². The first-order chi connectivity index (χ1) is 4.91. The molecule has 0 spiro atoms. The first-order valence-electron chi connectivity index (χ1n) is 3.74. The van der Waals surface area contributed by atoms with Gasteiger partial charge >= 0.3 is 0 Å². The van der Waals surface area contributed by atoms with Crippen molar-refractivity contribution in [1.82, 2.24) is 5.32 Å². The Balaban J connectivity index is 2.65. The zero-order chi connectivity index (χ0) is 7.66. The van der Waals surface area contributed by atoms with Gasteiger partial charge in [-0.3, -0.25) is 0 Å². The smallest absolute Gasteiger partial charge is 0.102 e. The topological polar surface area (TPSA) is 12.0 Å². The minimum Gasteiger partial charge on any atom is -0.314 e. The quantitative estimate of drug-likeness (QED) is 0.452. The van der Waals surface area contributed by atoms with Gasteiger partial charge < -0.3 is 5.32 Å². The highest BCUT2D eigenvalue weighted by Gasteiger charge is 1.87. The molecule has 0 bridgehead atoms. The van der Waals surface area contributed by atoms with Gasteiger partial charge in [-0.25, -0.2) is 4.39 Å². The standard InChI is InChI=1S/C7H15ClFN/c8-4-2-1-3-6-10-7-5-9/h10H,1-7H2. The molecule has 0 heterocycles. The Morgan fingerprint density at radius 1 is 1.10 bits per heavy atom. The van der Waals surface area contributed by atoms with Crippen molar-refractivity contribution in [2.45, 2.75) is 19.3 Å². The molecule has 0 aromatic rings. The summed E-state index contributed by atoms with van der Waals surface area (Å²) in [6, 6.07) is 0. The third kappa shape index (κ3) is 8.18. The van der Waals surface area contributed by atoms with Crippen LogP contribution in [0.3, 0.4) is 0 Å². The van der Waals surface area contributed by atoms with Gasteiger partial charge in [0.15, 0.2) is 0 Å². The molecule has 0 aliphatic carbocycles. The van der Waals surface area contributed by atoms with Gasteiger partial charge in [0.2, 0.25) is 0 Å². The van der Waals surface area contributed by atoms with Crippen LogP contribution in [0.15, 0.2) is 0 Å². The summed E-state index contributed by atoms with van der Waals surface area (Å²) < 4.78 is 11.5. The predicted octanol–water partition coefficient (Wildman–Crippen LogP) is 1.95.